The third kappa shape index (κ3) is 4.95. The first kappa shape index (κ1) is 22.1. The van der Waals surface area contributed by atoms with Gasteiger partial charge in [-0.2, -0.15) is 26.3 Å². The number of fused-ring (bicyclic) bond motifs is 1. The van der Waals surface area contributed by atoms with E-state index in [2.05, 4.69) is 4.98 Å². The Morgan fingerprint density at radius 1 is 0.935 bits per heavy atom. The van der Waals surface area contributed by atoms with E-state index in [4.69, 9.17) is 9.52 Å². The topological polar surface area (TPSA) is 92.4 Å². The number of aliphatic carboxylic acids is 1. The first-order chi connectivity index (χ1) is 14.4. The van der Waals surface area contributed by atoms with Crippen molar-refractivity contribution in [3.63, 3.8) is 0 Å². The summed E-state index contributed by atoms with van der Waals surface area (Å²) < 4.78 is 84.3. The van der Waals surface area contributed by atoms with Crippen LogP contribution < -0.4 is 5.32 Å². The molecule has 12 heteroatoms. The quantitative estimate of drug-likeness (QED) is 0.517. The van der Waals surface area contributed by atoms with Gasteiger partial charge in [0.05, 0.1) is 17.7 Å². The number of anilines is 1. The number of carboxylic acid groups (broad SMARTS) is 1. The predicted molar refractivity (Wildman–Crippen MR) is 94.9 cm³/mol. The number of alkyl halides is 6. The van der Waals surface area contributed by atoms with Crippen molar-refractivity contribution in [2.45, 2.75) is 25.2 Å². The van der Waals surface area contributed by atoms with Gasteiger partial charge in [0.25, 0.3) is 0 Å². The molecule has 0 bridgehead atoms. The summed E-state index contributed by atoms with van der Waals surface area (Å²) in [5.41, 5.74) is -3.90. The van der Waals surface area contributed by atoms with Gasteiger partial charge in [-0.15, -0.1) is 0 Å². The first-order valence-corrected chi connectivity index (χ1v) is 8.56. The number of aromatic nitrogens is 1. The largest absolute Gasteiger partial charge is 0.481 e. The van der Waals surface area contributed by atoms with Gasteiger partial charge in [-0.3, -0.25) is 9.59 Å². The van der Waals surface area contributed by atoms with Crippen LogP contribution in [0.25, 0.3) is 22.6 Å². The molecule has 3 aromatic rings. The molecule has 2 N–H and O–H groups in total. The molecule has 3 rings (SSSR count). The molecule has 0 atom stereocenters. The summed E-state index contributed by atoms with van der Waals surface area (Å²) in [7, 11) is 0. The molecular formula is C19H12F6N2O4. The summed E-state index contributed by atoms with van der Waals surface area (Å²) in [5, 5.41) is 10.6. The van der Waals surface area contributed by atoms with Crippen LogP contribution in [0, 0.1) is 0 Å². The molecule has 0 spiro atoms. The number of halogens is 6. The fraction of sp³-hybridized carbons (Fsp3) is 0.211. The van der Waals surface area contributed by atoms with Crippen LogP contribution in [0.4, 0.5) is 32.0 Å². The molecule has 1 aromatic heterocycles. The van der Waals surface area contributed by atoms with Crippen LogP contribution in [0.1, 0.15) is 24.0 Å². The Morgan fingerprint density at radius 2 is 1.58 bits per heavy atom. The number of nitrogens with one attached hydrogen (secondary N) is 1. The van der Waals surface area contributed by atoms with Crippen molar-refractivity contribution in [1.29, 1.82) is 0 Å². The van der Waals surface area contributed by atoms with E-state index in [0.717, 1.165) is 36.4 Å². The highest BCUT2D eigenvalue weighted by Crippen LogP contribution is 2.41. The van der Waals surface area contributed by atoms with Gasteiger partial charge in [0.15, 0.2) is 5.58 Å². The zero-order valence-corrected chi connectivity index (χ0v) is 15.3. The molecule has 31 heavy (non-hydrogen) atoms. The van der Waals surface area contributed by atoms with E-state index in [9.17, 15) is 35.9 Å². The van der Waals surface area contributed by atoms with Crippen molar-refractivity contribution >= 4 is 28.7 Å². The fourth-order valence-corrected chi connectivity index (χ4v) is 2.74. The van der Waals surface area contributed by atoms with Crippen molar-refractivity contribution < 1.29 is 45.5 Å². The lowest BCUT2D eigenvalue weighted by atomic mass is 10.1. The Labute approximate surface area is 169 Å². The van der Waals surface area contributed by atoms with Gasteiger partial charge >= 0.3 is 18.3 Å². The van der Waals surface area contributed by atoms with E-state index in [1.165, 1.54) is 0 Å². The molecule has 2 aromatic carbocycles. The van der Waals surface area contributed by atoms with E-state index in [-0.39, 0.29) is 17.0 Å². The van der Waals surface area contributed by atoms with Crippen LogP contribution in [0.15, 0.2) is 40.8 Å². The van der Waals surface area contributed by atoms with Crippen molar-refractivity contribution in [2.24, 2.45) is 0 Å². The van der Waals surface area contributed by atoms with Crippen LogP contribution in [0.3, 0.4) is 0 Å². The highest BCUT2D eigenvalue weighted by Gasteiger charge is 2.38. The monoisotopic (exact) mass is 446 g/mol. The zero-order chi connectivity index (χ0) is 23.0. The van der Waals surface area contributed by atoms with E-state index in [1.54, 1.807) is 0 Å². The molecule has 0 aliphatic carbocycles. The Balaban J connectivity index is 2.02. The number of carbonyl (C=O) groups is 2. The number of carbonyl (C=O) groups excluding carboxylic acids is 1. The van der Waals surface area contributed by atoms with Gasteiger partial charge in [-0.25, -0.2) is 4.98 Å². The standard InChI is InChI=1S/C19H12F6N2O4/c20-18(21,22)10-3-1-9(2-4-10)17-27-12-6-5-11(26-13(28)7-8-14(29)30)15(16(12)31-17)19(23,24)25/h1-6H,7-8H2,(H,26,28)(H,29,30). The lowest BCUT2D eigenvalue weighted by Gasteiger charge is -2.13. The number of carboxylic acids is 1. The normalized spacial score (nSPS) is 12.2. The molecule has 0 saturated carbocycles. The molecule has 1 heterocycles. The number of hydrogen-bond donors (Lipinski definition) is 2. The van der Waals surface area contributed by atoms with E-state index in [0.29, 0.717) is 0 Å². The summed E-state index contributed by atoms with van der Waals surface area (Å²) in [5.74, 6) is -2.59. The highest BCUT2D eigenvalue weighted by atomic mass is 19.4. The molecule has 6 nitrogen and oxygen atoms in total. The minimum absolute atomic E-state index is 0.0179. The van der Waals surface area contributed by atoms with Gasteiger partial charge in [0.2, 0.25) is 11.8 Å². The number of amides is 1. The van der Waals surface area contributed by atoms with Gasteiger partial charge < -0.3 is 14.8 Å². The predicted octanol–water partition coefficient (Wildman–Crippen LogP) is 5.34. The summed E-state index contributed by atoms with van der Waals surface area (Å²) in [4.78, 5) is 26.2. The van der Waals surface area contributed by atoms with E-state index in [1.807, 2.05) is 5.32 Å². The van der Waals surface area contributed by atoms with Crippen LogP contribution in [0.5, 0.6) is 0 Å². The Hall–Kier alpha value is -3.57. The Bertz CT molecular complexity index is 1130. The Morgan fingerprint density at radius 3 is 2.13 bits per heavy atom. The van der Waals surface area contributed by atoms with Crippen LogP contribution in [-0.4, -0.2) is 22.0 Å². The van der Waals surface area contributed by atoms with Gasteiger partial charge in [0, 0.05) is 12.0 Å². The molecule has 1 amide bonds. The van der Waals surface area contributed by atoms with Crippen LogP contribution >= 0.6 is 0 Å². The third-order valence-electron chi connectivity index (χ3n) is 4.14. The van der Waals surface area contributed by atoms with Gasteiger partial charge in [-0.05, 0) is 36.4 Å². The molecule has 0 unspecified atom stereocenters. The fourth-order valence-electron chi connectivity index (χ4n) is 2.74. The molecule has 0 aliphatic rings. The molecular weight excluding hydrogens is 434 g/mol. The molecule has 164 valence electrons. The second-order valence-electron chi connectivity index (χ2n) is 6.37. The van der Waals surface area contributed by atoms with E-state index < -0.39 is 59.5 Å². The number of nitrogens with zero attached hydrogens (tertiary/aromatic N) is 1. The molecule has 0 radical (unpaired) electrons. The Kier molecular flexibility index (Phi) is 5.66. The zero-order valence-electron chi connectivity index (χ0n) is 15.3. The van der Waals surface area contributed by atoms with E-state index >= 15 is 0 Å². The minimum Gasteiger partial charge on any atom is -0.481 e. The summed E-state index contributed by atoms with van der Waals surface area (Å²) in [6, 6.07) is 5.56. The average molecular weight is 446 g/mol. The number of oxazole rings is 1. The van der Waals surface area contributed by atoms with Crippen LogP contribution in [0.2, 0.25) is 0 Å². The molecule has 0 fully saturated rings. The summed E-state index contributed by atoms with van der Waals surface area (Å²) in [6.45, 7) is 0. The van der Waals surface area contributed by atoms with Crippen molar-refractivity contribution in [1.82, 2.24) is 4.98 Å². The lowest BCUT2D eigenvalue weighted by Crippen LogP contribution is -2.17. The maximum Gasteiger partial charge on any atom is 0.422 e. The first-order valence-electron chi connectivity index (χ1n) is 8.56. The number of rotatable bonds is 5. The second kappa shape index (κ2) is 7.93. The minimum atomic E-state index is -4.98. The van der Waals surface area contributed by atoms with Gasteiger partial charge in [0.1, 0.15) is 11.1 Å². The maximum absolute atomic E-state index is 13.7. The maximum atomic E-state index is 13.7. The van der Waals surface area contributed by atoms with Crippen LogP contribution in [-0.2, 0) is 21.9 Å². The highest BCUT2D eigenvalue weighted by molar-refractivity contribution is 5.96. The van der Waals surface area contributed by atoms with Crippen molar-refractivity contribution in [3.8, 4) is 11.5 Å². The third-order valence-corrected chi connectivity index (χ3v) is 4.14. The molecule has 0 aliphatic heterocycles. The van der Waals surface area contributed by atoms with Crippen molar-refractivity contribution in [2.75, 3.05) is 5.32 Å². The number of hydrogen-bond acceptors (Lipinski definition) is 4. The summed E-state index contributed by atoms with van der Waals surface area (Å²) in [6.07, 6.45) is -10.7. The second-order valence-corrected chi connectivity index (χ2v) is 6.37. The molecule has 0 saturated heterocycles. The SMILES string of the molecule is O=C(O)CCC(=O)Nc1ccc2nc(-c3ccc(C(F)(F)F)cc3)oc2c1C(F)(F)F. The van der Waals surface area contributed by atoms with Gasteiger partial charge in [-0.1, -0.05) is 0 Å². The average Bonchev–Trinajstić information content (AvgIpc) is 3.08. The lowest BCUT2D eigenvalue weighted by molar-refractivity contribution is -0.139. The summed E-state index contributed by atoms with van der Waals surface area (Å²) >= 11 is 0. The number of benzene rings is 2. The smallest absolute Gasteiger partial charge is 0.422 e. The van der Waals surface area contributed by atoms with Crippen molar-refractivity contribution in [3.05, 3.63) is 47.5 Å².